The summed E-state index contributed by atoms with van der Waals surface area (Å²) in [6.45, 7) is 5.18. The minimum Gasteiger partial charge on any atom is -0.370 e. The lowest BCUT2D eigenvalue weighted by molar-refractivity contribution is 0.551. The number of hydrogen-bond acceptors (Lipinski definition) is 4. The van der Waals surface area contributed by atoms with Crippen LogP contribution in [0.1, 0.15) is 17.5 Å². The van der Waals surface area contributed by atoms with Gasteiger partial charge in [0.05, 0.1) is 11.0 Å². The van der Waals surface area contributed by atoms with Gasteiger partial charge in [-0.1, -0.05) is 29.8 Å². The summed E-state index contributed by atoms with van der Waals surface area (Å²) < 4.78 is 0. The number of anilines is 1. The third kappa shape index (κ3) is 3.24. The van der Waals surface area contributed by atoms with Crippen LogP contribution in [0.3, 0.4) is 0 Å². The Morgan fingerprint density at radius 3 is 2.67 bits per heavy atom. The van der Waals surface area contributed by atoms with Gasteiger partial charge < -0.3 is 10.2 Å². The molecule has 1 aromatic heterocycles. The van der Waals surface area contributed by atoms with Crippen molar-refractivity contribution in [1.29, 1.82) is 0 Å². The van der Waals surface area contributed by atoms with Crippen molar-refractivity contribution in [2.24, 2.45) is 0 Å². The van der Waals surface area contributed by atoms with Crippen molar-refractivity contribution in [2.45, 2.75) is 25.9 Å². The Labute approximate surface area is 142 Å². The molecule has 0 radical (unpaired) electrons. The van der Waals surface area contributed by atoms with Crippen LogP contribution >= 0.6 is 0 Å². The molecule has 2 heterocycles. The van der Waals surface area contributed by atoms with E-state index in [4.69, 9.17) is 0 Å². The predicted molar refractivity (Wildman–Crippen MR) is 98.2 cm³/mol. The zero-order valence-corrected chi connectivity index (χ0v) is 13.9. The van der Waals surface area contributed by atoms with Crippen LogP contribution in [0.2, 0.25) is 0 Å². The van der Waals surface area contributed by atoms with Gasteiger partial charge in [-0.15, -0.1) is 0 Å². The van der Waals surface area contributed by atoms with Crippen LogP contribution in [-0.2, 0) is 6.54 Å². The van der Waals surface area contributed by atoms with Crippen LogP contribution < -0.4 is 10.2 Å². The van der Waals surface area contributed by atoms with E-state index in [0.29, 0.717) is 6.04 Å². The molecule has 1 atom stereocenters. The van der Waals surface area contributed by atoms with Crippen molar-refractivity contribution >= 4 is 16.7 Å². The molecule has 2 aromatic carbocycles. The molecule has 1 aliphatic rings. The van der Waals surface area contributed by atoms with Crippen LogP contribution in [0, 0.1) is 6.92 Å². The highest BCUT2D eigenvalue weighted by Gasteiger charge is 2.22. The SMILES string of the molecule is Cc1ccc(CNC2CCN(c3ccc4nccnc4c3)C2)cc1. The summed E-state index contributed by atoms with van der Waals surface area (Å²) in [6, 6.07) is 15.6. The summed E-state index contributed by atoms with van der Waals surface area (Å²) in [5.41, 5.74) is 5.81. The van der Waals surface area contributed by atoms with E-state index in [1.165, 1.54) is 23.2 Å². The molecule has 0 aliphatic carbocycles. The van der Waals surface area contributed by atoms with Crippen molar-refractivity contribution < 1.29 is 0 Å². The number of nitrogens with one attached hydrogen (secondary N) is 1. The zero-order chi connectivity index (χ0) is 16.4. The van der Waals surface area contributed by atoms with E-state index in [1.807, 2.05) is 0 Å². The first kappa shape index (κ1) is 15.1. The molecule has 1 aliphatic heterocycles. The molecule has 122 valence electrons. The fraction of sp³-hybridized carbons (Fsp3) is 0.300. The van der Waals surface area contributed by atoms with Gasteiger partial charge in [-0.25, -0.2) is 0 Å². The summed E-state index contributed by atoms with van der Waals surface area (Å²) in [7, 11) is 0. The van der Waals surface area contributed by atoms with E-state index in [0.717, 1.165) is 30.7 Å². The first-order valence-electron chi connectivity index (χ1n) is 8.52. The third-order valence-electron chi connectivity index (χ3n) is 4.72. The van der Waals surface area contributed by atoms with Gasteiger partial charge in [0.25, 0.3) is 0 Å². The monoisotopic (exact) mass is 318 g/mol. The Morgan fingerprint density at radius 1 is 1.04 bits per heavy atom. The molecule has 1 unspecified atom stereocenters. The van der Waals surface area contributed by atoms with Crippen LogP contribution in [0.5, 0.6) is 0 Å². The minimum atomic E-state index is 0.531. The van der Waals surface area contributed by atoms with Crippen molar-refractivity contribution in [3.8, 4) is 0 Å². The van der Waals surface area contributed by atoms with Crippen LogP contribution in [0.25, 0.3) is 11.0 Å². The van der Waals surface area contributed by atoms with Crippen molar-refractivity contribution in [3.05, 3.63) is 66.0 Å². The fourth-order valence-electron chi connectivity index (χ4n) is 3.28. The molecule has 0 saturated carbocycles. The standard InChI is InChI=1S/C20H22N4/c1-15-2-4-16(5-3-15)13-23-17-8-11-24(14-17)18-6-7-19-20(12-18)22-10-9-21-19/h2-7,9-10,12,17,23H,8,11,13-14H2,1H3. The number of aryl methyl sites for hydroxylation is 1. The van der Waals surface area contributed by atoms with Crippen molar-refractivity contribution in [3.63, 3.8) is 0 Å². The molecule has 0 bridgehead atoms. The van der Waals surface area contributed by atoms with E-state index in [9.17, 15) is 0 Å². The molecule has 1 fully saturated rings. The average Bonchev–Trinajstić information content (AvgIpc) is 3.10. The quantitative estimate of drug-likeness (QED) is 0.801. The Hall–Kier alpha value is -2.46. The van der Waals surface area contributed by atoms with Crippen LogP contribution in [0.4, 0.5) is 5.69 Å². The highest BCUT2D eigenvalue weighted by molar-refractivity contribution is 5.78. The number of aromatic nitrogens is 2. The summed E-state index contributed by atoms with van der Waals surface area (Å²) in [5.74, 6) is 0. The minimum absolute atomic E-state index is 0.531. The second kappa shape index (κ2) is 6.57. The number of hydrogen-bond donors (Lipinski definition) is 1. The average molecular weight is 318 g/mol. The second-order valence-electron chi connectivity index (χ2n) is 6.53. The molecule has 24 heavy (non-hydrogen) atoms. The van der Waals surface area contributed by atoms with E-state index in [-0.39, 0.29) is 0 Å². The first-order chi connectivity index (χ1) is 11.8. The molecular formula is C20H22N4. The number of nitrogens with zero attached hydrogens (tertiary/aromatic N) is 3. The van der Waals surface area contributed by atoms with Crippen LogP contribution in [-0.4, -0.2) is 29.1 Å². The highest BCUT2D eigenvalue weighted by Crippen LogP contribution is 2.23. The first-order valence-corrected chi connectivity index (χ1v) is 8.52. The number of benzene rings is 2. The van der Waals surface area contributed by atoms with Gasteiger partial charge in [0.2, 0.25) is 0 Å². The van der Waals surface area contributed by atoms with Gasteiger partial charge >= 0.3 is 0 Å². The maximum absolute atomic E-state index is 4.41. The highest BCUT2D eigenvalue weighted by atomic mass is 15.2. The third-order valence-corrected chi connectivity index (χ3v) is 4.72. The Kier molecular flexibility index (Phi) is 4.13. The molecular weight excluding hydrogens is 296 g/mol. The molecule has 4 nitrogen and oxygen atoms in total. The lowest BCUT2D eigenvalue weighted by Crippen LogP contribution is -2.32. The summed E-state index contributed by atoms with van der Waals surface area (Å²) in [5, 5.41) is 3.68. The lowest BCUT2D eigenvalue weighted by atomic mass is 10.1. The smallest absolute Gasteiger partial charge is 0.0907 e. The molecule has 0 amide bonds. The van der Waals surface area contributed by atoms with Gasteiger partial charge in [0, 0.05) is 43.8 Å². The van der Waals surface area contributed by atoms with Gasteiger partial charge in [-0.05, 0) is 37.1 Å². The van der Waals surface area contributed by atoms with Crippen LogP contribution in [0.15, 0.2) is 54.9 Å². The van der Waals surface area contributed by atoms with Crippen molar-refractivity contribution in [1.82, 2.24) is 15.3 Å². The summed E-state index contributed by atoms with van der Waals surface area (Å²) >= 11 is 0. The van der Waals surface area contributed by atoms with E-state index >= 15 is 0 Å². The maximum atomic E-state index is 4.41. The van der Waals surface area contributed by atoms with E-state index in [1.54, 1.807) is 12.4 Å². The summed E-state index contributed by atoms with van der Waals surface area (Å²) in [6.07, 6.45) is 4.66. The Morgan fingerprint density at radius 2 is 1.83 bits per heavy atom. The van der Waals surface area contributed by atoms with Gasteiger partial charge in [0.15, 0.2) is 0 Å². The molecule has 4 rings (SSSR count). The van der Waals surface area contributed by atoms with E-state index in [2.05, 4.69) is 69.6 Å². The molecule has 3 aromatic rings. The Balaban J connectivity index is 1.39. The molecule has 1 saturated heterocycles. The Bertz CT molecular complexity index is 828. The zero-order valence-electron chi connectivity index (χ0n) is 13.9. The normalized spacial score (nSPS) is 17.5. The lowest BCUT2D eigenvalue weighted by Gasteiger charge is -2.19. The summed E-state index contributed by atoms with van der Waals surface area (Å²) in [4.78, 5) is 11.2. The number of fused-ring (bicyclic) bond motifs is 1. The van der Waals surface area contributed by atoms with Crippen molar-refractivity contribution in [2.75, 3.05) is 18.0 Å². The predicted octanol–water partition coefficient (Wildman–Crippen LogP) is 3.31. The topological polar surface area (TPSA) is 41.0 Å². The van der Waals surface area contributed by atoms with Gasteiger partial charge in [-0.2, -0.15) is 0 Å². The molecule has 4 heteroatoms. The van der Waals surface area contributed by atoms with Gasteiger partial charge in [-0.3, -0.25) is 9.97 Å². The van der Waals surface area contributed by atoms with E-state index < -0.39 is 0 Å². The maximum Gasteiger partial charge on any atom is 0.0907 e. The fourth-order valence-corrected chi connectivity index (χ4v) is 3.28. The molecule has 0 spiro atoms. The largest absolute Gasteiger partial charge is 0.370 e. The second-order valence-corrected chi connectivity index (χ2v) is 6.53. The molecule has 1 N–H and O–H groups in total. The number of rotatable bonds is 4. The van der Waals surface area contributed by atoms with Gasteiger partial charge in [0.1, 0.15) is 0 Å².